The van der Waals surface area contributed by atoms with Gasteiger partial charge in [-0.05, 0) is 12.3 Å². The highest BCUT2D eigenvalue weighted by Gasteiger charge is 1.97. The van der Waals surface area contributed by atoms with Crippen molar-refractivity contribution in [2.75, 3.05) is 24.2 Å². The van der Waals surface area contributed by atoms with Crippen LogP contribution in [0.15, 0.2) is 12.4 Å². The molecule has 0 unspecified atom stereocenters. The largest absolute Gasteiger partial charge is 0.373 e. The van der Waals surface area contributed by atoms with E-state index in [2.05, 4.69) is 34.4 Å². The smallest absolute Gasteiger partial charge is 0.131 e. The second kappa shape index (κ2) is 5.42. The molecule has 0 aliphatic heterocycles. The molecule has 2 N–H and O–H groups in total. The van der Waals surface area contributed by atoms with Crippen molar-refractivity contribution in [3.63, 3.8) is 0 Å². The fourth-order valence-corrected chi connectivity index (χ4v) is 1.08. The van der Waals surface area contributed by atoms with E-state index in [1.54, 1.807) is 6.33 Å². The van der Waals surface area contributed by atoms with Crippen molar-refractivity contribution in [1.82, 2.24) is 9.97 Å². The molecule has 1 heterocycles. The Balaban J connectivity index is 2.42. The molecule has 0 aliphatic rings. The van der Waals surface area contributed by atoms with Crippen LogP contribution in [-0.4, -0.2) is 23.6 Å². The molecule has 0 atom stereocenters. The summed E-state index contributed by atoms with van der Waals surface area (Å²) < 4.78 is 0. The quantitative estimate of drug-likeness (QED) is 0.752. The average molecular weight is 194 g/mol. The first kappa shape index (κ1) is 10.8. The Labute approximate surface area is 85.2 Å². The molecule has 0 bridgehead atoms. The molecule has 0 saturated heterocycles. The molecular formula is C10H18N4. The van der Waals surface area contributed by atoms with Gasteiger partial charge < -0.3 is 10.6 Å². The van der Waals surface area contributed by atoms with Crippen molar-refractivity contribution in [2.45, 2.75) is 20.3 Å². The normalized spacial score (nSPS) is 10.3. The second-order valence-electron chi connectivity index (χ2n) is 3.65. The second-order valence-corrected chi connectivity index (χ2v) is 3.65. The van der Waals surface area contributed by atoms with Crippen molar-refractivity contribution < 1.29 is 0 Å². The number of rotatable bonds is 5. The first-order chi connectivity index (χ1) is 6.72. The third-order valence-electron chi connectivity index (χ3n) is 1.95. The maximum Gasteiger partial charge on any atom is 0.131 e. The molecule has 0 spiro atoms. The Morgan fingerprint density at radius 3 is 2.64 bits per heavy atom. The molecule has 0 aromatic carbocycles. The van der Waals surface area contributed by atoms with Crippen LogP contribution in [0.2, 0.25) is 0 Å². The van der Waals surface area contributed by atoms with Gasteiger partial charge in [-0.25, -0.2) is 9.97 Å². The van der Waals surface area contributed by atoms with Gasteiger partial charge >= 0.3 is 0 Å². The van der Waals surface area contributed by atoms with Crippen molar-refractivity contribution in [3.05, 3.63) is 12.4 Å². The zero-order valence-electron chi connectivity index (χ0n) is 9.04. The number of hydrogen-bond donors (Lipinski definition) is 2. The minimum absolute atomic E-state index is 0.716. The van der Waals surface area contributed by atoms with Gasteiger partial charge in [-0.15, -0.1) is 0 Å². The molecule has 4 nitrogen and oxygen atoms in total. The van der Waals surface area contributed by atoms with E-state index in [-0.39, 0.29) is 0 Å². The summed E-state index contributed by atoms with van der Waals surface area (Å²) in [5, 5.41) is 6.24. The van der Waals surface area contributed by atoms with Gasteiger partial charge in [-0.2, -0.15) is 0 Å². The summed E-state index contributed by atoms with van der Waals surface area (Å²) in [6.07, 6.45) is 2.71. The van der Waals surface area contributed by atoms with Gasteiger partial charge in [-0.3, -0.25) is 0 Å². The average Bonchev–Trinajstić information content (AvgIpc) is 2.18. The van der Waals surface area contributed by atoms with E-state index in [0.29, 0.717) is 5.92 Å². The Morgan fingerprint density at radius 2 is 2.00 bits per heavy atom. The van der Waals surface area contributed by atoms with Gasteiger partial charge in [0, 0.05) is 19.7 Å². The van der Waals surface area contributed by atoms with E-state index in [9.17, 15) is 0 Å². The van der Waals surface area contributed by atoms with Crippen molar-refractivity contribution in [3.8, 4) is 0 Å². The standard InChI is InChI=1S/C10H18N4/c1-8(2)4-5-12-10-6-9(11-3)13-7-14-10/h6-8H,4-5H2,1-3H3,(H2,11,12,13,14). The van der Waals surface area contributed by atoms with Crippen LogP contribution < -0.4 is 10.6 Å². The van der Waals surface area contributed by atoms with Crippen LogP contribution in [0, 0.1) is 5.92 Å². The molecule has 78 valence electrons. The molecule has 4 heteroatoms. The molecule has 0 amide bonds. The Hall–Kier alpha value is -1.32. The summed E-state index contributed by atoms with van der Waals surface area (Å²) in [6, 6.07) is 1.90. The minimum atomic E-state index is 0.716. The summed E-state index contributed by atoms with van der Waals surface area (Å²) in [5.74, 6) is 2.44. The maximum atomic E-state index is 4.12. The van der Waals surface area contributed by atoms with Crippen LogP contribution in [-0.2, 0) is 0 Å². The van der Waals surface area contributed by atoms with E-state index in [0.717, 1.165) is 24.6 Å². The number of nitrogens with zero attached hydrogens (tertiary/aromatic N) is 2. The zero-order chi connectivity index (χ0) is 10.4. The van der Waals surface area contributed by atoms with Gasteiger partial charge in [0.15, 0.2) is 0 Å². The lowest BCUT2D eigenvalue weighted by Crippen LogP contribution is -2.06. The van der Waals surface area contributed by atoms with Crippen molar-refractivity contribution in [1.29, 1.82) is 0 Å². The van der Waals surface area contributed by atoms with Crippen LogP contribution >= 0.6 is 0 Å². The Bertz CT molecular complexity index is 273. The molecule has 0 radical (unpaired) electrons. The van der Waals surface area contributed by atoms with E-state index in [1.165, 1.54) is 0 Å². The highest BCUT2D eigenvalue weighted by Crippen LogP contribution is 2.08. The molecule has 1 aromatic rings. The maximum absolute atomic E-state index is 4.12. The van der Waals surface area contributed by atoms with Crippen LogP contribution in [0.4, 0.5) is 11.6 Å². The molecule has 14 heavy (non-hydrogen) atoms. The van der Waals surface area contributed by atoms with Crippen molar-refractivity contribution in [2.24, 2.45) is 5.92 Å². The lowest BCUT2D eigenvalue weighted by molar-refractivity contribution is 0.606. The zero-order valence-corrected chi connectivity index (χ0v) is 9.04. The number of nitrogens with one attached hydrogen (secondary N) is 2. The molecule has 0 fully saturated rings. The van der Waals surface area contributed by atoms with Crippen LogP contribution in [0.3, 0.4) is 0 Å². The van der Waals surface area contributed by atoms with Gasteiger partial charge in [0.2, 0.25) is 0 Å². The van der Waals surface area contributed by atoms with Gasteiger partial charge in [0.05, 0.1) is 0 Å². The van der Waals surface area contributed by atoms with E-state index in [4.69, 9.17) is 0 Å². The summed E-state index contributed by atoms with van der Waals surface area (Å²) >= 11 is 0. The number of hydrogen-bond acceptors (Lipinski definition) is 4. The van der Waals surface area contributed by atoms with Crippen LogP contribution in [0.5, 0.6) is 0 Å². The predicted octanol–water partition coefficient (Wildman–Crippen LogP) is 1.98. The lowest BCUT2D eigenvalue weighted by Gasteiger charge is -2.07. The highest BCUT2D eigenvalue weighted by atomic mass is 15.0. The minimum Gasteiger partial charge on any atom is -0.373 e. The van der Waals surface area contributed by atoms with Crippen molar-refractivity contribution >= 4 is 11.6 Å². The molecular weight excluding hydrogens is 176 g/mol. The topological polar surface area (TPSA) is 49.8 Å². The summed E-state index contributed by atoms with van der Waals surface area (Å²) in [6.45, 7) is 5.37. The molecule has 1 aromatic heterocycles. The van der Waals surface area contributed by atoms with Gasteiger partial charge in [-0.1, -0.05) is 13.8 Å². The summed E-state index contributed by atoms with van der Waals surface area (Å²) in [7, 11) is 1.85. The van der Waals surface area contributed by atoms with Crippen LogP contribution in [0.25, 0.3) is 0 Å². The molecule has 0 aliphatic carbocycles. The summed E-state index contributed by atoms with van der Waals surface area (Å²) in [4.78, 5) is 8.16. The van der Waals surface area contributed by atoms with Gasteiger partial charge in [0.25, 0.3) is 0 Å². The number of anilines is 2. The first-order valence-corrected chi connectivity index (χ1v) is 4.96. The molecule has 1 rings (SSSR count). The third kappa shape index (κ3) is 3.60. The first-order valence-electron chi connectivity index (χ1n) is 4.96. The molecule has 0 saturated carbocycles. The number of aromatic nitrogens is 2. The fourth-order valence-electron chi connectivity index (χ4n) is 1.08. The van der Waals surface area contributed by atoms with Gasteiger partial charge in [0.1, 0.15) is 18.0 Å². The van der Waals surface area contributed by atoms with E-state index >= 15 is 0 Å². The predicted molar refractivity (Wildman–Crippen MR) is 59.5 cm³/mol. The van der Waals surface area contributed by atoms with Crippen LogP contribution in [0.1, 0.15) is 20.3 Å². The third-order valence-corrected chi connectivity index (χ3v) is 1.95. The monoisotopic (exact) mass is 194 g/mol. The SMILES string of the molecule is CNc1cc(NCCC(C)C)ncn1. The highest BCUT2D eigenvalue weighted by molar-refractivity contribution is 5.45. The summed E-state index contributed by atoms with van der Waals surface area (Å²) in [5.41, 5.74) is 0. The fraction of sp³-hybridized carbons (Fsp3) is 0.600. The Kier molecular flexibility index (Phi) is 4.16. The lowest BCUT2D eigenvalue weighted by atomic mass is 10.1. The van der Waals surface area contributed by atoms with E-state index < -0.39 is 0 Å². The van der Waals surface area contributed by atoms with E-state index in [1.807, 2.05) is 13.1 Å². The Morgan fingerprint density at radius 1 is 1.29 bits per heavy atom.